The summed E-state index contributed by atoms with van der Waals surface area (Å²) in [6.07, 6.45) is 8.60. The molecule has 1 aromatic heterocycles. The van der Waals surface area contributed by atoms with E-state index < -0.39 is 0 Å². The lowest BCUT2D eigenvalue weighted by Crippen LogP contribution is -2.40. The highest BCUT2D eigenvalue weighted by Gasteiger charge is 2.31. The lowest BCUT2D eigenvalue weighted by molar-refractivity contribution is -0.123. The lowest BCUT2D eigenvalue weighted by Gasteiger charge is -2.26. The highest BCUT2D eigenvalue weighted by molar-refractivity contribution is 7.15. The van der Waals surface area contributed by atoms with E-state index >= 15 is 0 Å². The molecule has 28 heavy (non-hydrogen) atoms. The van der Waals surface area contributed by atoms with Gasteiger partial charge in [-0.2, -0.15) is 0 Å². The van der Waals surface area contributed by atoms with Gasteiger partial charge < -0.3 is 5.32 Å². The number of aryl methyl sites for hydroxylation is 2. The fourth-order valence-electron chi connectivity index (χ4n) is 4.15. The zero-order valence-corrected chi connectivity index (χ0v) is 17.1. The van der Waals surface area contributed by atoms with E-state index in [1.54, 1.807) is 0 Å². The van der Waals surface area contributed by atoms with Crippen LogP contribution in [0.1, 0.15) is 77.4 Å². The molecule has 4 rings (SSSR count). The zero-order valence-electron chi connectivity index (χ0n) is 16.3. The Labute approximate surface area is 170 Å². The quantitative estimate of drug-likeness (QED) is 0.794. The number of thiazole rings is 1. The smallest absolute Gasteiger partial charge is 0.257 e. The van der Waals surface area contributed by atoms with Gasteiger partial charge in [0.1, 0.15) is 0 Å². The van der Waals surface area contributed by atoms with E-state index in [2.05, 4.69) is 15.6 Å². The standard InChI is InChI=1S/C22H27N3O2S/c1-14-10-12-15(13-11-14)20(26)25-22-24-19-17(8-5-9-18(19)28-22)21(27)23-16-6-3-2-4-7-16/h10-13,16-17H,2-9H2,1H3,(H,23,27)(H,24,25,26). The van der Waals surface area contributed by atoms with E-state index in [1.807, 2.05) is 31.2 Å². The van der Waals surface area contributed by atoms with Crippen molar-refractivity contribution in [2.24, 2.45) is 0 Å². The molecule has 0 bridgehead atoms. The van der Waals surface area contributed by atoms with E-state index in [9.17, 15) is 9.59 Å². The van der Waals surface area contributed by atoms with Gasteiger partial charge in [-0.1, -0.05) is 37.0 Å². The van der Waals surface area contributed by atoms with Crippen molar-refractivity contribution < 1.29 is 9.59 Å². The summed E-state index contributed by atoms with van der Waals surface area (Å²) in [5, 5.41) is 6.75. The number of hydrogen-bond donors (Lipinski definition) is 2. The number of aromatic nitrogens is 1. The van der Waals surface area contributed by atoms with Crippen LogP contribution >= 0.6 is 11.3 Å². The largest absolute Gasteiger partial charge is 0.353 e. The summed E-state index contributed by atoms with van der Waals surface area (Å²) >= 11 is 1.51. The fourth-order valence-corrected chi connectivity index (χ4v) is 5.21. The number of benzene rings is 1. The van der Waals surface area contributed by atoms with Gasteiger partial charge in [-0.15, -0.1) is 11.3 Å². The zero-order chi connectivity index (χ0) is 19.5. The number of anilines is 1. The van der Waals surface area contributed by atoms with Gasteiger partial charge in [0.15, 0.2) is 5.13 Å². The van der Waals surface area contributed by atoms with Crippen LogP contribution in [0.3, 0.4) is 0 Å². The van der Waals surface area contributed by atoms with Crippen molar-refractivity contribution in [2.75, 3.05) is 5.32 Å². The van der Waals surface area contributed by atoms with E-state index in [0.29, 0.717) is 16.7 Å². The van der Waals surface area contributed by atoms with E-state index in [0.717, 1.165) is 48.2 Å². The molecule has 5 nitrogen and oxygen atoms in total. The summed E-state index contributed by atoms with van der Waals surface area (Å²) in [6, 6.07) is 7.80. The van der Waals surface area contributed by atoms with Crippen LogP contribution in [0.2, 0.25) is 0 Å². The molecule has 0 aliphatic heterocycles. The maximum atomic E-state index is 12.9. The molecule has 1 atom stereocenters. The van der Waals surface area contributed by atoms with Crippen LogP contribution in [0.5, 0.6) is 0 Å². The average Bonchev–Trinajstić information content (AvgIpc) is 3.11. The van der Waals surface area contributed by atoms with Crippen molar-refractivity contribution in [3.05, 3.63) is 46.0 Å². The maximum Gasteiger partial charge on any atom is 0.257 e. The minimum Gasteiger partial charge on any atom is -0.353 e. The average molecular weight is 398 g/mol. The molecule has 2 aliphatic carbocycles. The molecule has 2 amide bonds. The van der Waals surface area contributed by atoms with Crippen molar-refractivity contribution in [1.29, 1.82) is 0 Å². The van der Waals surface area contributed by atoms with Crippen molar-refractivity contribution in [2.45, 2.75) is 70.3 Å². The van der Waals surface area contributed by atoms with Gasteiger partial charge >= 0.3 is 0 Å². The third-order valence-electron chi connectivity index (χ3n) is 5.76. The summed E-state index contributed by atoms with van der Waals surface area (Å²) in [7, 11) is 0. The summed E-state index contributed by atoms with van der Waals surface area (Å²) < 4.78 is 0. The molecule has 1 saturated carbocycles. The van der Waals surface area contributed by atoms with Gasteiger partial charge in [0.05, 0.1) is 11.6 Å². The minimum absolute atomic E-state index is 0.106. The second-order valence-electron chi connectivity index (χ2n) is 7.94. The first-order valence-corrected chi connectivity index (χ1v) is 11.1. The first kappa shape index (κ1) is 19.1. The molecule has 148 valence electrons. The third kappa shape index (κ3) is 4.27. The van der Waals surface area contributed by atoms with E-state index in [1.165, 1.54) is 30.6 Å². The summed E-state index contributed by atoms with van der Waals surface area (Å²) in [5.41, 5.74) is 2.60. The predicted molar refractivity (Wildman–Crippen MR) is 112 cm³/mol. The summed E-state index contributed by atoms with van der Waals surface area (Å²) in [6.45, 7) is 2.00. The Hall–Kier alpha value is -2.21. The molecule has 6 heteroatoms. The molecule has 1 aromatic carbocycles. The van der Waals surface area contributed by atoms with Gasteiger partial charge in [0.2, 0.25) is 5.91 Å². The van der Waals surface area contributed by atoms with Gasteiger partial charge in [-0.3, -0.25) is 14.9 Å². The Bertz CT molecular complexity index is 853. The second kappa shape index (κ2) is 8.43. The second-order valence-corrected chi connectivity index (χ2v) is 9.02. The SMILES string of the molecule is Cc1ccc(C(=O)Nc2nc3c(s2)CCCC3C(=O)NC2CCCCC2)cc1. The van der Waals surface area contributed by atoms with Gasteiger partial charge in [-0.25, -0.2) is 4.98 Å². The molecule has 1 fully saturated rings. The number of carbonyl (C=O) groups is 2. The lowest BCUT2D eigenvalue weighted by atomic mass is 9.89. The Kier molecular flexibility index (Phi) is 5.76. The van der Waals surface area contributed by atoms with Crippen LogP contribution < -0.4 is 10.6 Å². The number of nitrogens with one attached hydrogen (secondary N) is 2. The highest BCUT2D eigenvalue weighted by Crippen LogP contribution is 2.37. The fraction of sp³-hybridized carbons (Fsp3) is 0.500. The molecule has 0 radical (unpaired) electrons. The number of amides is 2. The normalized spacial score (nSPS) is 19.7. The molecular formula is C22H27N3O2S. The topological polar surface area (TPSA) is 71.1 Å². The first-order chi connectivity index (χ1) is 13.6. The van der Waals surface area contributed by atoms with Crippen molar-refractivity contribution in [3.63, 3.8) is 0 Å². The molecule has 0 spiro atoms. The number of hydrogen-bond acceptors (Lipinski definition) is 4. The minimum atomic E-state index is -0.188. The van der Waals surface area contributed by atoms with Crippen LogP contribution in [-0.2, 0) is 11.2 Å². The summed E-state index contributed by atoms with van der Waals surface area (Å²) in [5.74, 6) is -0.240. The molecule has 0 saturated heterocycles. The van der Waals surface area contributed by atoms with Crippen LogP contribution in [-0.4, -0.2) is 22.8 Å². The van der Waals surface area contributed by atoms with Crippen LogP contribution in [0, 0.1) is 6.92 Å². The Balaban J connectivity index is 1.46. The van der Waals surface area contributed by atoms with Crippen LogP contribution in [0.4, 0.5) is 5.13 Å². The predicted octanol–water partition coefficient (Wildman–Crippen LogP) is 4.57. The monoisotopic (exact) mass is 397 g/mol. The van der Waals surface area contributed by atoms with E-state index in [-0.39, 0.29) is 17.7 Å². The van der Waals surface area contributed by atoms with Gasteiger partial charge in [0, 0.05) is 16.5 Å². The number of rotatable bonds is 4. The Morgan fingerprint density at radius 1 is 1.04 bits per heavy atom. The molecule has 1 heterocycles. The Morgan fingerprint density at radius 2 is 1.79 bits per heavy atom. The summed E-state index contributed by atoms with van der Waals surface area (Å²) in [4.78, 5) is 31.2. The molecular weight excluding hydrogens is 370 g/mol. The van der Waals surface area contributed by atoms with Crippen molar-refractivity contribution >= 4 is 28.3 Å². The van der Waals surface area contributed by atoms with Crippen molar-refractivity contribution in [1.82, 2.24) is 10.3 Å². The molecule has 2 aliphatic rings. The van der Waals surface area contributed by atoms with Crippen LogP contribution in [0.15, 0.2) is 24.3 Å². The third-order valence-corrected chi connectivity index (χ3v) is 6.80. The Morgan fingerprint density at radius 3 is 2.54 bits per heavy atom. The van der Waals surface area contributed by atoms with E-state index in [4.69, 9.17) is 0 Å². The van der Waals surface area contributed by atoms with Crippen LogP contribution in [0.25, 0.3) is 0 Å². The molecule has 2 aromatic rings. The van der Waals surface area contributed by atoms with Crippen molar-refractivity contribution in [3.8, 4) is 0 Å². The van der Waals surface area contributed by atoms with Gasteiger partial charge in [-0.05, 0) is 51.2 Å². The van der Waals surface area contributed by atoms with Gasteiger partial charge in [0.25, 0.3) is 5.91 Å². The maximum absolute atomic E-state index is 12.9. The first-order valence-electron chi connectivity index (χ1n) is 10.3. The number of carbonyl (C=O) groups excluding carboxylic acids is 2. The highest BCUT2D eigenvalue weighted by atomic mass is 32.1. The molecule has 2 N–H and O–H groups in total. The molecule has 1 unspecified atom stereocenters. The number of nitrogens with zero attached hydrogens (tertiary/aromatic N) is 1. The number of fused-ring (bicyclic) bond motifs is 1.